The number of aryl methyl sites for hydroxylation is 1. The number of nitrogens with zero attached hydrogens (tertiary/aromatic N) is 3. The van der Waals surface area contributed by atoms with Crippen molar-refractivity contribution in [1.29, 1.82) is 0 Å². The molecule has 0 spiro atoms. The highest BCUT2D eigenvalue weighted by molar-refractivity contribution is 7.89. The molecule has 1 heterocycles. The van der Waals surface area contributed by atoms with Crippen molar-refractivity contribution < 1.29 is 13.2 Å². The number of hydrogen-bond donors (Lipinski definition) is 2. The first-order chi connectivity index (χ1) is 8.69. The zero-order valence-corrected chi connectivity index (χ0v) is 12.2. The number of anilines is 1. The smallest absolute Gasteiger partial charge is 0.246 e. The summed E-state index contributed by atoms with van der Waals surface area (Å²) in [6, 6.07) is -0.866. The monoisotopic (exact) mass is 289 g/mol. The zero-order valence-electron chi connectivity index (χ0n) is 11.4. The molecule has 1 aromatic rings. The molecule has 1 aromatic heterocycles. The summed E-state index contributed by atoms with van der Waals surface area (Å²) < 4.78 is 27.7. The molecule has 1 amide bonds. The molecule has 0 bridgehead atoms. The summed E-state index contributed by atoms with van der Waals surface area (Å²) >= 11 is 0. The molecule has 0 fully saturated rings. The van der Waals surface area contributed by atoms with Crippen LogP contribution >= 0.6 is 0 Å². The van der Waals surface area contributed by atoms with Crippen LogP contribution in [0.2, 0.25) is 0 Å². The molecule has 0 saturated carbocycles. The van der Waals surface area contributed by atoms with E-state index in [1.807, 2.05) is 0 Å². The number of nitrogen functional groups attached to an aromatic ring is 1. The minimum atomic E-state index is -3.86. The molecule has 1 atom stereocenters. The van der Waals surface area contributed by atoms with Gasteiger partial charge in [-0.15, -0.1) is 0 Å². The average molecular weight is 289 g/mol. The fraction of sp³-hybridized carbons (Fsp3) is 0.600. The summed E-state index contributed by atoms with van der Waals surface area (Å²) in [5.41, 5.74) is 5.52. The highest BCUT2D eigenvalue weighted by atomic mass is 32.2. The topological polar surface area (TPSA) is 110 Å². The number of carbonyl (C=O) groups is 1. The molecule has 0 aromatic carbocycles. The summed E-state index contributed by atoms with van der Waals surface area (Å²) in [5.74, 6) is -0.410. The van der Waals surface area contributed by atoms with Crippen LogP contribution < -0.4 is 10.5 Å². The molecule has 1 rings (SSSR count). The van der Waals surface area contributed by atoms with Gasteiger partial charge in [-0.3, -0.25) is 9.48 Å². The first-order valence-corrected chi connectivity index (χ1v) is 7.23. The van der Waals surface area contributed by atoms with Crippen molar-refractivity contribution in [2.45, 2.75) is 24.8 Å². The van der Waals surface area contributed by atoms with Gasteiger partial charge in [0.05, 0.1) is 6.04 Å². The van der Waals surface area contributed by atoms with Crippen molar-refractivity contribution in [2.24, 2.45) is 7.05 Å². The van der Waals surface area contributed by atoms with Gasteiger partial charge >= 0.3 is 0 Å². The van der Waals surface area contributed by atoms with Crippen LogP contribution in [0.1, 0.15) is 13.8 Å². The molecular formula is C10H19N5O3S. The van der Waals surface area contributed by atoms with Gasteiger partial charge in [0.2, 0.25) is 15.9 Å². The number of rotatable bonds is 5. The summed E-state index contributed by atoms with van der Waals surface area (Å²) in [7, 11) is -0.695. The van der Waals surface area contributed by atoms with Crippen LogP contribution in [0.4, 0.5) is 5.82 Å². The van der Waals surface area contributed by atoms with Crippen LogP contribution in [0.25, 0.3) is 0 Å². The number of nitrogens with two attached hydrogens (primary N) is 1. The fourth-order valence-corrected chi connectivity index (χ4v) is 2.82. The molecular weight excluding hydrogens is 270 g/mol. The van der Waals surface area contributed by atoms with Gasteiger partial charge in [0, 0.05) is 26.8 Å². The number of aromatic nitrogens is 2. The van der Waals surface area contributed by atoms with Crippen molar-refractivity contribution in [3.8, 4) is 0 Å². The van der Waals surface area contributed by atoms with E-state index >= 15 is 0 Å². The third-order valence-electron chi connectivity index (χ3n) is 2.66. The third kappa shape index (κ3) is 3.44. The summed E-state index contributed by atoms with van der Waals surface area (Å²) in [6.07, 6.45) is 1.29. The van der Waals surface area contributed by atoms with E-state index in [4.69, 9.17) is 5.73 Å². The largest absolute Gasteiger partial charge is 0.381 e. The Morgan fingerprint density at radius 3 is 2.63 bits per heavy atom. The van der Waals surface area contributed by atoms with E-state index in [1.54, 1.807) is 21.0 Å². The fourth-order valence-electron chi connectivity index (χ4n) is 1.52. The Morgan fingerprint density at radius 2 is 2.21 bits per heavy atom. The number of likely N-dealkylation sites (N-methyl/N-ethyl adjacent to an activating group) is 1. The first kappa shape index (κ1) is 15.4. The Balaban J connectivity index is 2.92. The maximum atomic E-state index is 12.1. The highest BCUT2D eigenvalue weighted by Gasteiger charge is 2.26. The van der Waals surface area contributed by atoms with Crippen LogP contribution in [0.5, 0.6) is 0 Å². The molecule has 0 saturated heterocycles. The van der Waals surface area contributed by atoms with Gasteiger partial charge in [0.15, 0.2) is 5.82 Å². The van der Waals surface area contributed by atoms with Crippen molar-refractivity contribution in [2.75, 3.05) is 19.3 Å². The van der Waals surface area contributed by atoms with E-state index in [2.05, 4.69) is 9.82 Å². The van der Waals surface area contributed by atoms with Gasteiger partial charge in [-0.2, -0.15) is 9.82 Å². The highest BCUT2D eigenvalue weighted by Crippen LogP contribution is 2.15. The van der Waals surface area contributed by atoms with E-state index in [1.165, 1.54) is 22.7 Å². The molecule has 0 aliphatic carbocycles. The maximum absolute atomic E-state index is 12.1. The van der Waals surface area contributed by atoms with Crippen LogP contribution in [-0.4, -0.2) is 48.6 Å². The Morgan fingerprint density at radius 1 is 1.63 bits per heavy atom. The lowest BCUT2D eigenvalue weighted by atomic mass is 10.3. The molecule has 0 aliphatic rings. The molecule has 9 heteroatoms. The predicted molar refractivity (Wildman–Crippen MR) is 70.7 cm³/mol. The first-order valence-electron chi connectivity index (χ1n) is 5.75. The summed E-state index contributed by atoms with van der Waals surface area (Å²) in [5, 5.41) is 3.76. The number of carbonyl (C=O) groups excluding carboxylic acids is 1. The number of nitrogens with one attached hydrogen (secondary N) is 1. The second kappa shape index (κ2) is 5.57. The van der Waals surface area contributed by atoms with Gasteiger partial charge in [-0.1, -0.05) is 0 Å². The standard InChI is InChI=1S/C10H19N5O3S/c1-5-14(3)10(16)7(2)13-19(17,18)8-6-15(4)12-9(8)11/h6-7,13H,5H2,1-4H3,(H2,11,12). The molecule has 19 heavy (non-hydrogen) atoms. The number of sulfonamides is 1. The Labute approximate surface area is 112 Å². The van der Waals surface area contributed by atoms with Crippen LogP contribution in [0, 0.1) is 0 Å². The van der Waals surface area contributed by atoms with Crippen LogP contribution in [0.3, 0.4) is 0 Å². The Bertz CT molecular complexity index is 566. The minimum absolute atomic E-state index is 0.0986. The minimum Gasteiger partial charge on any atom is -0.381 e. The van der Waals surface area contributed by atoms with E-state index in [0.717, 1.165) is 0 Å². The van der Waals surface area contributed by atoms with Crippen molar-refractivity contribution in [3.05, 3.63) is 6.20 Å². The maximum Gasteiger partial charge on any atom is 0.246 e. The molecule has 3 N–H and O–H groups in total. The van der Waals surface area contributed by atoms with Gasteiger partial charge in [0.1, 0.15) is 4.90 Å². The quantitative estimate of drug-likeness (QED) is 0.733. The SMILES string of the molecule is CCN(C)C(=O)C(C)NS(=O)(=O)c1cn(C)nc1N. The van der Waals surface area contributed by atoms with Crippen molar-refractivity contribution >= 4 is 21.7 Å². The van der Waals surface area contributed by atoms with Gasteiger partial charge < -0.3 is 10.6 Å². The Hall–Kier alpha value is -1.61. The molecule has 0 aliphatic heterocycles. The number of amides is 1. The lowest BCUT2D eigenvalue weighted by Gasteiger charge is -2.20. The van der Waals surface area contributed by atoms with Gasteiger partial charge in [-0.25, -0.2) is 8.42 Å². The predicted octanol–water partition coefficient (Wildman–Crippen LogP) is -0.853. The van der Waals surface area contributed by atoms with Crippen molar-refractivity contribution in [3.63, 3.8) is 0 Å². The molecule has 1 unspecified atom stereocenters. The van der Waals surface area contributed by atoms with Crippen molar-refractivity contribution in [1.82, 2.24) is 19.4 Å². The van der Waals surface area contributed by atoms with Gasteiger partial charge in [0.25, 0.3) is 0 Å². The Kier molecular flexibility index (Phi) is 4.53. The van der Waals surface area contributed by atoms with Crippen LogP contribution in [-0.2, 0) is 21.9 Å². The van der Waals surface area contributed by atoms with Crippen LogP contribution in [0.15, 0.2) is 11.1 Å². The van der Waals surface area contributed by atoms with E-state index in [0.29, 0.717) is 6.54 Å². The summed E-state index contributed by atoms with van der Waals surface area (Å²) in [6.45, 7) is 3.79. The second-order valence-corrected chi connectivity index (χ2v) is 5.93. The molecule has 108 valence electrons. The van der Waals surface area contributed by atoms with Gasteiger partial charge in [-0.05, 0) is 13.8 Å². The normalized spacial score (nSPS) is 13.3. The molecule has 8 nitrogen and oxygen atoms in total. The van der Waals surface area contributed by atoms with E-state index in [-0.39, 0.29) is 16.6 Å². The second-order valence-electron chi connectivity index (χ2n) is 4.25. The average Bonchev–Trinajstić information content (AvgIpc) is 2.66. The lowest BCUT2D eigenvalue weighted by molar-refractivity contribution is -0.131. The zero-order chi connectivity index (χ0) is 14.8. The lowest BCUT2D eigenvalue weighted by Crippen LogP contribution is -2.45. The van der Waals surface area contributed by atoms with E-state index < -0.39 is 16.1 Å². The summed E-state index contributed by atoms with van der Waals surface area (Å²) in [4.78, 5) is 13.1. The molecule has 0 radical (unpaired) electrons. The van der Waals surface area contributed by atoms with E-state index in [9.17, 15) is 13.2 Å². The third-order valence-corrected chi connectivity index (χ3v) is 4.22. The number of hydrogen-bond acceptors (Lipinski definition) is 5.